The second-order valence-electron chi connectivity index (χ2n) is 7.48. The number of imide groups is 1. The average Bonchev–Trinajstić information content (AvgIpc) is 3.07. The van der Waals surface area contributed by atoms with Crippen LogP contribution in [-0.2, 0) is 20.7 Å². The van der Waals surface area contributed by atoms with E-state index in [1.807, 2.05) is 30.3 Å². The van der Waals surface area contributed by atoms with E-state index in [9.17, 15) is 19.2 Å². The molecule has 2 aliphatic heterocycles. The van der Waals surface area contributed by atoms with E-state index in [2.05, 4.69) is 0 Å². The molecular formula is C24H22N2O5. The Hall–Kier alpha value is -3.74. The summed E-state index contributed by atoms with van der Waals surface area (Å²) in [7, 11) is 1.27. The highest BCUT2D eigenvalue weighted by molar-refractivity contribution is 6.23. The van der Waals surface area contributed by atoms with Gasteiger partial charge in [-0.3, -0.25) is 19.3 Å². The van der Waals surface area contributed by atoms with Gasteiger partial charge < -0.3 is 9.64 Å². The zero-order chi connectivity index (χ0) is 22.0. The maximum Gasteiger partial charge on any atom is 0.328 e. The van der Waals surface area contributed by atoms with Crippen LogP contribution in [0, 0.1) is 0 Å². The SMILES string of the molecule is COC(=O)[C@@H]1CCC=CN1C(=O)[C@H](Cc1ccccc1)N1C(=O)c2ccccc2C1=O. The van der Waals surface area contributed by atoms with Crippen LogP contribution in [0.2, 0.25) is 0 Å². The van der Waals surface area contributed by atoms with Crippen molar-refractivity contribution in [2.24, 2.45) is 0 Å². The van der Waals surface area contributed by atoms with Gasteiger partial charge in [0.05, 0.1) is 18.2 Å². The normalized spacial score (nSPS) is 18.7. The van der Waals surface area contributed by atoms with Crippen LogP contribution in [-0.4, -0.2) is 52.7 Å². The molecule has 0 fully saturated rings. The summed E-state index contributed by atoms with van der Waals surface area (Å²) in [6, 6.07) is 13.8. The lowest BCUT2D eigenvalue weighted by Crippen LogP contribution is -2.55. The zero-order valence-corrected chi connectivity index (χ0v) is 17.1. The maximum atomic E-state index is 13.7. The fourth-order valence-corrected chi connectivity index (χ4v) is 4.07. The molecule has 3 amide bonds. The van der Waals surface area contributed by atoms with Crippen molar-refractivity contribution in [2.75, 3.05) is 7.11 Å². The summed E-state index contributed by atoms with van der Waals surface area (Å²) in [6.45, 7) is 0. The Morgan fingerprint density at radius 2 is 1.61 bits per heavy atom. The van der Waals surface area contributed by atoms with E-state index in [-0.39, 0.29) is 17.5 Å². The molecule has 0 spiro atoms. The summed E-state index contributed by atoms with van der Waals surface area (Å²) in [5, 5.41) is 0. The molecule has 0 aliphatic carbocycles. The quantitative estimate of drug-likeness (QED) is 0.551. The van der Waals surface area contributed by atoms with Crippen LogP contribution in [0.15, 0.2) is 66.9 Å². The second kappa shape index (κ2) is 8.55. The highest BCUT2D eigenvalue weighted by Crippen LogP contribution is 2.28. The molecule has 7 heteroatoms. The highest BCUT2D eigenvalue weighted by atomic mass is 16.5. The first-order valence-electron chi connectivity index (χ1n) is 10.1. The minimum absolute atomic E-state index is 0.142. The topological polar surface area (TPSA) is 84.0 Å². The molecule has 0 bridgehead atoms. The average molecular weight is 418 g/mol. The maximum absolute atomic E-state index is 13.7. The van der Waals surface area contributed by atoms with Crippen molar-refractivity contribution < 1.29 is 23.9 Å². The smallest absolute Gasteiger partial charge is 0.328 e. The van der Waals surface area contributed by atoms with Crippen molar-refractivity contribution >= 4 is 23.7 Å². The monoisotopic (exact) mass is 418 g/mol. The summed E-state index contributed by atoms with van der Waals surface area (Å²) in [5.74, 6) is -2.04. The van der Waals surface area contributed by atoms with Crippen LogP contribution < -0.4 is 0 Å². The van der Waals surface area contributed by atoms with E-state index in [1.54, 1.807) is 36.5 Å². The van der Waals surface area contributed by atoms with Gasteiger partial charge in [0.15, 0.2) is 0 Å². The molecule has 0 saturated carbocycles. The third-order valence-electron chi connectivity index (χ3n) is 5.63. The molecule has 4 rings (SSSR count). The Labute approximate surface area is 179 Å². The van der Waals surface area contributed by atoms with Crippen LogP contribution in [0.3, 0.4) is 0 Å². The van der Waals surface area contributed by atoms with Crippen molar-refractivity contribution in [2.45, 2.75) is 31.3 Å². The number of hydrogen-bond donors (Lipinski definition) is 0. The molecule has 31 heavy (non-hydrogen) atoms. The van der Waals surface area contributed by atoms with E-state index in [0.29, 0.717) is 12.8 Å². The molecule has 2 aromatic rings. The fourth-order valence-electron chi connectivity index (χ4n) is 4.07. The molecule has 2 aliphatic rings. The molecular weight excluding hydrogens is 396 g/mol. The molecule has 2 aromatic carbocycles. The Kier molecular flexibility index (Phi) is 5.66. The largest absolute Gasteiger partial charge is 0.467 e. The van der Waals surface area contributed by atoms with Gasteiger partial charge in [0, 0.05) is 12.6 Å². The third kappa shape index (κ3) is 3.74. The van der Waals surface area contributed by atoms with Gasteiger partial charge in [0.1, 0.15) is 12.1 Å². The van der Waals surface area contributed by atoms with E-state index in [1.165, 1.54) is 12.0 Å². The van der Waals surface area contributed by atoms with Gasteiger partial charge in [0.25, 0.3) is 17.7 Å². The van der Waals surface area contributed by atoms with Crippen LogP contribution in [0.1, 0.15) is 39.1 Å². The summed E-state index contributed by atoms with van der Waals surface area (Å²) in [4.78, 5) is 54.5. The molecule has 0 N–H and O–H groups in total. The van der Waals surface area contributed by atoms with Gasteiger partial charge >= 0.3 is 5.97 Å². The number of ether oxygens (including phenoxy) is 1. The van der Waals surface area contributed by atoms with E-state index in [4.69, 9.17) is 4.74 Å². The Bertz CT molecular complexity index is 1030. The minimum atomic E-state index is -1.09. The summed E-state index contributed by atoms with van der Waals surface area (Å²) < 4.78 is 4.87. The van der Waals surface area contributed by atoms with Crippen molar-refractivity contribution in [3.05, 3.63) is 83.6 Å². The van der Waals surface area contributed by atoms with E-state index < -0.39 is 35.8 Å². The zero-order valence-electron chi connectivity index (χ0n) is 17.1. The number of esters is 1. The number of rotatable bonds is 5. The first-order valence-corrected chi connectivity index (χ1v) is 10.1. The predicted octanol–water partition coefficient (Wildman–Crippen LogP) is 2.57. The standard InChI is InChI=1S/C24H22N2O5/c1-31-24(30)19-13-7-8-14-25(19)23(29)20(15-16-9-3-2-4-10-16)26-21(27)17-11-5-6-12-18(17)22(26)28/h2-6,8-12,14,19-20H,7,13,15H2,1H3/t19-,20-/m0/s1. The molecule has 0 radical (unpaired) electrons. The first kappa shape index (κ1) is 20.5. The van der Waals surface area contributed by atoms with Crippen molar-refractivity contribution in [1.82, 2.24) is 9.80 Å². The van der Waals surface area contributed by atoms with Crippen molar-refractivity contribution in [3.8, 4) is 0 Å². The van der Waals surface area contributed by atoms with Gasteiger partial charge in [-0.2, -0.15) is 0 Å². The molecule has 158 valence electrons. The van der Waals surface area contributed by atoms with Crippen molar-refractivity contribution in [3.63, 3.8) is 0 Å². The van der Waals surface area contributed by atoms with Crippen LogP contribution >= 0.6 is 0 Å². The van der Waals surface area contributed by atoms with Gasteiger partial charge in [0.2, 0.25) is 0 Å². The number of carbonyl (C=O) groups is 4. The fraction of sp³-hybridized carbons (Fsp3) is 0.250. The number of amides is 3. The Morgan fingerprint density at radius 1 is 1.00 bits per heavy atom. The van der Waals surface area contributed by atoms with Crippen molar-refractivity contribution in [1.29, 1.82) is 0 Å². The van der Waals surface area contributed by atoms with Gasteiger partial charge in [-0.15, -0.1) is 0 Å². The molecule has 0 saturated heterocycles. The highest BCUT2D eigenvalue weighted by Gasteiger charge is 2.45. The molecule has 0 unspecified atom stereocenters. The number of fused-ring (bicyclic) bond motifs is 1. The second-order valence-corrected chi connectivity index (χ2v) is 7.48. The lowest BCUT2D eigenvalue weighted by Gasteiger charge is -2.35. The van der Waals surface area contributed by atoms with Crippen LogP contribution in [0.25, 0.3) is 0 Å². The Balaban J connectivity index is 1.73. The van der Waals surface area contributed by atoms with E-state index >= 15 is 0 Å². The number of methoxy groups -OCH3 is 1. The molecule has 0 aromatic heterocycles. The molecule has 7 nitrogen and oxygen atoms in total. The van der Waals surface area contributed by atoms with E-state index in [0.717, 1.165) is 10.5 Å². The third-order valence-corrected chi connectivity index (χ3v) is 5.63. The predicted molar refractivity (Wildman–Crippen MR) is 112 cm³/mol. The lowest BCUT2D eigenvalue weighted by atomic mass is 10.00. The van der Waals surface area contributed by atoms with Crippen LogP contribution in [0.5, 0.6) is 0 Å². The lowest BCUT2D eigenvalue weighted by molar-refractivity contribution is -0.152. The van der Waals surface area contributed by atoms with Crippen LogP contribution in [0.4, 0.5) is 0 Å². The van der Waals surface area contributed by atoms with Gasteiger partial charge in [-0.25, -0.2) is 4.79 Å². The summed E-state index contributed by atoms with van der Waals surface area (Å²) in [6.07, 6.45) is 4.52. The van der Waals surface area contributed by atoms with Gasteiger partial charge in [-0.05, 0) is 30.5 Å². The summed E-state index contributed by atoms with van der Waals surface area (Å²) >= 11 is 0. The molecule has 2 heterocycles. The first-order chi connectivity index (χ1) is 15.0. The number of benzene rings is 2. The number of carbonyl (C=O) groups excluding carboxylic acids is 4. The number of nitrogens with zero attached hydrogens (tertiary/aromatic N) is 2. The summed E-state index contributed by atoms with van der Waals surface area (Å²) in [5.41, 5.74) is 1.35. The Morgan fingerprint density at radius 3 is 2.23 bits per heavy atom. The van der Waals surface area contributed by atoms with Gasteiger partial charge in [-0.1, -0.05) is 48.5 Å². The molecule has 2 atom stereocenters. The minimum Gasteiger partial charge on any atom is -0.467 e. The number of hydrogen-bond acceptors (Lipinski definition) is 5. The number of allylic oxidation sites excluding steroid dienone is 1.